The average Bonchev–Trinajstić information content (AvgIpc) is 2.23. The molecule has 1 heterocycles. The highest BCUT2D eigenvalue weighted by Gasteiger charge is 2.34. The van der Waals surface area contributed by atoms with Gasteiger partial charge in [-0.3, -0.25) is 4.79 Å². The number of hydrogen-bond donors (Lipinski definition) is 0. The van der Waals surface area contributed by atoms with Gasteiger partial charge in [0.15, 0.2) is 0 Å². The normalized spacial score (nSPS) is 16.3. The number of hydrogen-bond acceptors (Lipinski definition) is 1. The second kappa shape index (κ2) is 5.41. The van der Waals surface area contributed by atoms with Crippen molar-refractivity contribution in [3.8, 4) is 0 Å². The number of carbonyl (C=O) groups is 1. The molecule has 0 bridgehead atoms. The summed E-state index contributed by atoms with van der Waals surface area (Å²) in [6.45, 7) is 0.939. The second-order valence-corrected chi connectivity index (χ2v) is 5.10. The van der Waals surface area contributed by atoms with Crippen LogP contribution < -0.4 is 0 Å². The molecule has 1 fully saturated rings. The number of halogens is 4. The molecule has 6 heteroatoms. The Labute approximate surface area is 114 Å². The number of carbonyl (C=O) groups excluding carboxylic acids is 1. The van der Waals surface area contributed by atoms with Crippen LogP contribution in [0.3, 0.4) is 0 Å². The Kier molecular flexibility index (Phi) is 4.04. The van der Waals surface area contributed by atoms with E-state index in [2.05, 4.69) is 0 Å². The fourth-order valence-electron chi connectivity index (χ4n) is 2.06. The van der Waals surface area contributed by atoms with E-state index in [4.69, 9.17) is 11.6 Å². The highest BCUT2D eigenvalue weighted by atomic mass is 35.5. The van der Waals surface area contributed by atoms with E-state index in [1.54, 1.807) is 6.07 Å². The highest BCUT2D eigenvalue weighted by molar-refractivity contribution is 6.30. The smallest absolute Gasteiger partial charge is 0.341 e. The molecule has 0 spiro atoms. The molecule has 19 heavy (non-hydrogen) atoms. The number of amides is 1. The van der Waals surface area contributed by atoms with Crippen molar-refractivity contribution in [3.05, 3.63) is 34.9 Å². The summed E-state index contributed by atoms with van der Waals surface area (Å²) in [5, 5.41) is 0.624. The van der Waals surface area contributed by atoms with E-state index < -0.39 is 24.9 Å². The highest BCUT2D eigenvalue weighted by Crippen LogP contribution is 2.30. The molecule has 1 aliphatic rings. The lowest BCUT2D eigenvalue weighted by Gasteiger charge is -2.39. The molecule has 0 radical (unpaired) electrons. The van der Waals surface area contributed by atoms with Gasteiger partial charge in [-0.15, -0.1) is 0 Å². The van der Waals surface area contributed by atoms with Crippen LogP contribution in [-0.4, -0.2) is 30.1 Å². The van der Waals surface area contributed by atoms with Crippen molar-refractivity contribution in [3.63, 3.8) is 0 Å². The molecular weight excluding hydrogens is 279 g/mol. The summed E-state index contributed by atoms with van der Waals surface area (Å²) < 4.78 is 36.0. The minimum Gasteiger partial charge on any atom is -0.341 e. The van der Waals surface area contributed by atoms with Crippen LogP contribution in [0.2, 0.25) is 5.02 Å². The number of rotatable bonds is 3. The lowest BCUT2D eigenvalue weighted by Crippen LogP contribution is -2.48. The van der Waals surface area contributed by atoms with E-state index in [-0.39, 0.29) is 5.92 Å². The molecule has 0 unspecified atom stereocenters. The second-order valence-electron chi connectivity index (χ2n) is 4.67. The van der Waals surface area contributed by atoms with Crippen LogP contribution in [0.5, 0.6) is 0 Å². The Morgan fingerprint density at radius 3 is 2.63 bits per heavy atom. The van der Waals surface area contributed by atoms with Gasteiger partial charge in [0.05, 0.1) is 6.42 Å². The van der Waals surface area contributed by atoms with Gasteiger partial charge in [-0.05, 0) is 17.7 Å². The molecule has 0 N–H and O–H groups in total. The molecule has 2 nitrogen and oxygen atoms in total. The zero-order chi connectivity index (χ0) is 14.0. The van der Waals surface area contributed by atoms with E-state index in [0.717, 1.165) is 5.56 Å². The van der Waals surface area contributed by atoms with Gasteiger partial charge < -0.3 is 4.90 Å². The Balaban J connectivity index is 1.81. The molecule has 2 rings (SSSR count). The molecule has 1 aliphatic heterocycles. The van der Waals surface area contributed by atoms with Gasteiger partial charge in [0.2, 0.25) is 5.91 Å². The molecule has 0 aliphatic carbocycles. The van der Waals surface area contributed by atoms with Gasteiger partial charge in [-0.25, -0.2) is 0 Å². The van der Waals surface area contributed by atoms with E-state index in [9.17, 15) is 18.0 Å². The minimum absolute atomic E-state index is 0.175. The van der Waals surface area contributed by atoms with Gasteiger partial charge in [0.1, 0.15) is 0 Å². The maximum absolute atomic E-state index is 12.0. The Morgan fingerprint density at radius 2 is 2.05 bits per heavy atom. The molecule has 0 aromatic heterocycles. The van der Waals surface area contributed by atoms with Crippen molar-refractivity contribution in [1.29, 1.82) is 0 Å². The zero-order valence-electron chi connectivity index (χ0n) is 10.1. The van der Waals surface area contributed by atoms with E-state index >= 15 is 0 Å². The van der Waals surface area contributed by atoms with Gasteiger partial charge in [0, 0.05) is 30.5 Å². The van der Waals surface area contributed by atoms with E-state index in [1.165, 1.54) is 4.90 Å². The standard InChI is InChI=1S/C13H13ClF3NO/c14-11-3-1-2-9(6-11)10-7-18(8-10)12(19)4-5-13(15,16)17/h1-3,6,10H,4-5,7-8H2. The third kappa shape index (κ3) is 3.86. The molecule has 1 aromatic carbocycles. The molecule has 1 amide bonds. The van der Waals surface area contributed by atoms with E-state index in [1.807, 2.05) is 18.2 Å². The van der Waals surface area contributed by atoms with Crippen LogP contribution in [0.25, 0.3) is 0 Å². The SMILES string of the molecule is O=C(CCC(F)(F)F)N1CC(c2cccc(Cl)c2)C1. The summed E-state index contributed by atoms with van der Waals surface area (Å²) >= 11 is 5.86. The summed E-state index contributed by atoms with van der Waals surface area (Å²) in [5.74, 6) is -0.260. The Bertz CT molecular complexity index is 469. The maximum Gasteiger partial charge on any atom is 0.389 e. The van der Waals surface area contributed by atoms with Crippen LogP contribution in [0.4, 0.5) is 13.2 Å². The van der Waals surface area contributed by atoms with E-state index in [0.29, 0.717) is 18.1 Å². The molecule has 1 aromatic rings. The van der Waals surface area contributed by atoms with Gasteiger partial charge in [0.25, 0.3) is 0 Å². The fourth-order valence-corrected chi connectivity index (χ4v) is 2.26. The molecule has 104 valence electrons. The predicted molar refractivity (Wildman–Crippen MR) is 66.1 cm³/mol. The topological polar surface area (TPSA) is 20.3 Å². The predicted octanol–water partition coefficient (Wildman–Crippen LogP) is 3.61. The Hall–Kier alpha value is -1.23. The van der Waals surface area contributed by atoms with Gasteiger partial charge >= 0.3 is 6.18 Å². The Morgan fingerprint density at radius 1 is 1.37 bits per heavy atom. The molecular formula is C13H13ClF3NO. The monoisotopic (exact) mass is 291 g/mol. The summed E-state index contributed by atoms with van der Waals surface area (Å²) in [6, 6.07) is 7.32. The molecule has 0 atom stereocenters. The van der Waals surface area contributed by atoms with Crippen molar-refractivity contribution in [2.45, 2.75) is 24.9 Å². The van der Waals surface area contributed by atoms with Crippen LogP contribution in [0.15, 0.2) is 24.3 Å². The first-order chi connectivity index (χ1) is 8.85. The number of alkyl halides is 3. The van der Waals surface area contributed by atoms with Crippen LogP contribution in [0.1, 0.15) is 24.3 Å². The minimum atomic E-state index is -4.27. The quantitative estimate of drug-likeness (QED) is 0.833. The third-order valence-electron chi connectivity index (χ3n) is 3.18. The summed E-state index contributed by atoms with van der Waals surface area (Å²) in [6.07, 6.45) is -5.79. The van der Waals surface area contributed by atoms with Crippen molar-refractivity contribution in [2.24, 2.45) is 0 Å². The summed E-state index contributed by atoms with van der Waals surface area (Å²) in [7, 11) is 0. The fraction of sp³-hybridized carbons (Fsp3) is 0.462. The first kappa shape index (κ1) is 14.2. The van der Waals surface area contributed by atoms with Crippen LogP contribution >= 0.6 is 11.6 Å². The van der Waals surface area contributed by atoms with Gasteiger partial charge in [-0.1, -0.05) is 23.7 Å². The summed E-state index contributed by atoms with van der Waals surface area (Å²) in [4.78, 5) is 13.0. The molecule has 1 saturated heterocycles. The first-order valence-electron chi connectivity index (χ1n) is 5.95. The number of nitrogens with zero attached hydrogens (tertiary/aromatic N) is 1. The lowest BCUT2D eigenvalue weighted by atomic mass is 9.91. The van der Waals surface area contributed by atoms with Crippen molar-refractivity contribution >= 4 is 17.5 Å². The summed E-state index contributed by atoms with van der Waals surface area (Å²) in [5.41, 5.74) is 1.02. The van der Waals surface area contributed by atoms with Crippen molar-refractivity contribution in [2.75, 3.05) is 13.1 Å². The number of likely N-dealkylation sites (tertiary alicyclic amines) is 1. The maximum atomic E-state index is 12.0. The first-order valence-corrected chi connectivity index (χ1v) is 6.33. The van der Waals surface area contributed by atoms with Crippen LogP contribution in [0, 0.1) is 0 Å². The van der Waals surface area contributed by atoms with Crippen molar-refractivity contribution in [1.82, 2.24) is 4.90 Å². The third-order valence-corrected chi connectivity index (χ3v) is 3.41. The van der Waals surface area contributed by atoms with Crippen molar-refractivity contribution < 1.29 is 18.0 Å². The lowest BCUT2D eigenvalue weighted by molar-refractivity contribution is -0.151. The average molecular weight is 292 g/mol. The van der Waals surface area contributed by atoms with Gasteiger partial charge in [-0.2, -0.15) is 13.2 Å². The molecule has 0 saturated carbocycles. The largest absolute Gasteiger partial charge is 0.389 e. The van der Waals surface area contributed by atoms with Crippen LogP contribution in [-0.2, 0) is 4.79 Å². The number of benzene rings is 1. The zero-order valence-corrected chi connectivity index (χ0v) is 10.8.